The van der Waals surface area contributed by atoms with Crippen LogP contribution in [0.4, 0.5) is 0 Å². The highest BCUT2D eigenvalue weighted by atomic mass is 32.2. The first-order valence-corrected chi connectivity index (χ1v) is 11.8. The molecule has 1 amide bonds. The lowest BCUT2D eigenvalue weighted by atomic mass is 9.99. The molecular weight excluding hydrogens is 416 g/mol. The first-order valence-electron chi connectivity index (χ1n) is 10.2. The van der Waals surface area contributed by atoms with Crippen molar-refractivity contribution in [1.29, 1.82) is 0 Å². The molecule has 8 nitrogen and oxygen atoms in total. The lowest BCUT2D eigenvalue weighted by Gasteiger charge is -2.32. The van der Waals surface area contributed by atoms with E-state index in [2.05, 4.69) is 15.2 Å². The van der Waals surface area contributed by atoms with Crippen LogP contribution in [0, 0.1) is 5.92 Å². The van der Waals surface area contributed by atoms with Crippen LogP contribution in [0.2, 0.25) is 0 Å². The number of hydrogen-bond acceptors (Lipinski definition) is 6. The van der Waals surface area contributed by atoms with E-state index in [1.165, 1.54) is 12.1 Å². The van der Waals surface area contributed by atoms with Gasteiger partial charge in [-0.05, 0) is 43.2 Å². The number of sulfone groups is 1. The molecule has 1 aliphatic rings. The highest BCUT2D eigenvalue weighted by Gasteiger charge is 2.28. The molecule has 1 atom stereocenters. The summed E-state index contributed by atoms with van der Waals surface area (Å²) in [6.07, 6.45) is 5.08. The van der Waals surface area contributed by atoms with E-state index >= 15 is 0 Å². The Balaban J connectivity index is 1.31. The predicted octanol–water partition coefficient (Wildman–Crippen LogP) is 2.56. The van der Waals surface area contributed by atoms with Crippen LogP contribution in [0.25, 0.3) is 11.4 Å². The average Bonchev–Trinajstić information content (AvgIpc) is 3.34. The van der Waals surface area contributed by atoms with E-state index in [-0.39, 0.29) is 16.7 Å². The molecular formula is C22H24N4O4S. The molecule has 0 aliphatic carbocycles. The number of benzene rings is 1. The zero-order chi connectivity index (χ0) is 21.7. The summed E-state index contributed by atoms with van der Waals surface area (Å²) in [6.45, 7) is 1.50. The maximum atomic E-state index is 12.6. The number of piperidine rings is 1. The average molecular weight is 441 g/mol. The van der Waals surface area contributed by atoms with Crippen LogP contribution in [-0.4, -0.2) is 59.9 Å². The third kappa shape index (κ3) is 5.29. The summed E-state index contributed by atoms with van der Waals surface area (Å²) in [7, 11) is -3.64. The number of rotatable bonds is 7. The fourth-order valence-electron chi connectivity index (χ4n) is 3.63. The molecule has 0 radical (unpaired) electrons. The van der Waals surface area contributed by atoms with Gasteiger partial charge in [-0.15, -0.1) is 0 Å². The van der Waals surface area contributed by atoms with Crippen molar-refractivity contribution in [3.05, 3.63) is 60.9 Å². The summed E-state index contributed by atoms with van der Waals surface area (Å²) in [4.78, 5) is 18.8. The van der Waals surface area contributed by atoms with Crippen molar-refractivity contribution in [2.75, 3.05) is 25.4 Å². The van der Waals surface area contributed by atoms with Crippen LogP contribution in [0.5, 0.6) is 5.75 Å². The summed E-state index contributed by atoms with van der Waals surface area (Å²) in [5.74, 6) is -0.0780. The lowest BCUT2D eigenvalue weighted by Crippen LogP contribution is -2.44. The number of carbonyl (C=O) groups excluding carboxylic acids is 1. The highest BCUT2D eigenvalue weighted by Crippen LogP contribution is 2.21. The first kappa shape index (κ1) is 21.0. The van der Waals surface area contributed by atoms with Gasteiger partial charge in [0.2, 0.25) is 5.91 Å². The number of aromatic nitrogens is 3. The molecule has 1 aliphatic heterocycles. The summed E-state index contributed by atoms with van der Waals surface area (Å²) in [5, 5.41) is 6.78. The molecule has 0 spiro atoms. The quantitative estimate of drug-likeness (QED) is 0.605. The standard InChI is InChI=1S/C22H24N4O4S/c27-22(16-31(28,29)19-6-2-1-3-7-19)26-12-4-5-17(14-26)15-30-18-8-9-20(23-13-18)21-10-11-24-25-21/h1-3,6-11,13,17H,4-5,12,14-16H2,(H,24,25)/t17-/m1/s1. The van der Waals surface area contributed by atoms with E-state index < -0.39 is 15.6 Å². The van der Waals surface area contributed by atoms with Gasteiger partial charge in [-0.3, -0.25) is 14.9 Å². The number of nitrogens with zero attached hydrogens (tertiary/aromatic N) is 3. The van der Waals surface area contributed by atoms with Gasteiger partial charge in [-0.25, -0.2) is 8.42 Å². The molecule has 0 saturated carbocycles. The van der Waals surface area contributed by atoms with Crippen molar-refractivity contribution in [1.82, 2.24) is 20.1 Å². The van der Waals surface area contributed by atoms with Crippen LogP contribution < -0.4 is 4.74 Å². The second-order valence-electron chi connectivity index (χ2n) is 7.58. The second kappa shape index (κ2) is 9.30. The van der Waals surface area contributed by atoms with Gasteiger partial charge in [0.05, 0.1) is 29.1 Å². The van der Waals surface area contributed by atoms with Gasteiger partial charge in [-0.2, -0.15) is 5.10 Å². The van der Waals surface area contributed by atoms with E-state index in [4.69, 9.17) is 4.74 Å². The van der Waals surface area contributed by atoms with E-state index in [1.54, 1.807) is 35.5 Å². The van der Waals surface area contributed by atoms with Crippen molar-refractivity contribution in [2.45, 2.75) is 17.7 Å². The summed E-state index contributed by atoms with van der Waals surface area (Å²) < 4.78 is 30.9. The molecule has 3 heterocycles. The molecule has 4 rings (SSSR count). The first-order chi connectivity index (χ1) is 15.0. The second-order valence-corrected chi connectivity index (χ2v) is 9.57. The minimum Gasteiger partial charge on any atom is -0.492 e. The highest BCUT2D eigenvalue weighted by molar-refractivity contribution is 7.92. The van der Waals surface area contributed by atoms with Gasteiger partial charge in [0.1, 0.15) is 11.5 Å². The van der Waals surface area contributed by atoms with Crippen LogP contribution in [0.15, 0.2) is 65.8 Å². The number of aromatic amines is 1. The van der Waals surface area contributed by atoms with E-state index in [9.17, 15) is 13.2 Å². The number of likely N-dealkylation sites (tertiary alicyclic amines) is 1. The Morgan fingerprint density at radius 1 is 1.16 bits per heavy atom. The van der Waals surface area contributed by atoms with E-state index in [0.29, 0.717) is 25.4 Å². The molecule has 31 heavy (non-hydrogen) atoms. The summed E-state index contributed by atoms with van der Waals surface area (Å²) in [6, 6.07) is 13.6. The molecule has 1 saturated heterocycles. The Hall–Kier alpha value is -3.20. The summed E-state index contributed by atoms with van der Waals surface area (Å²) >= 11 is 0. The predicted molar refractivity (Wildman–Crippen MR) is 115 cm³/mol. The number of H-pyrrole nitrogens is 1. The van der Waals surface area contributed by atoms with Gasteiger partial charge >= 0.3 is 0 Å². The number of nitrogens with one attached hydrogen (secondary N) is 1. The molecule has 1 N–H and O–H groups in total. The van der Waals surface area contributed by atoms with Crippen LogP contribution >= 0.6 is 0 Å². The number of carbonyl (C=O) groups is 1. The van der Waals surface area contributed by atoms with Crippen LogP contribution in [0.3, 0.4) is 0 Å². The number of amides is 1. The zero-order valence-corrected chi connectivity index (χ0v) is 17.8. The monoisotopic (exact) mass is 440 g/mol. The Bertz CT molecular complexity index is 1100. The maximum absolute atomic E-state index is 12.6. The Kier molecular flexibility index (Phi) is 6.31. The zero-order valence-electron chi connectivity index (χ0n) is 17.0. The largest absolute Gasteiger partial charge is 0.492 e. The fraction of sp³-hybridized carbons (Fsp3) is 0.318. The molecule has 0 unspecified atom stereocenters. The SMILES string of the molecule is O=C(CS(=O)(=O)c1ccccc1)N1CCC[C@@H](COc2ccc(-c3ccn[nH]3)nc2)C1. The van der Waals surface area contributed by atoms with Crippen molar-refractivity contribution < 1.29 is 17.9 Å². The number of ether oxygens (including phenoxy) is 1. The van der Waals surface area contributed by atoms with E-state index in [1.807, 2.05) is 18.2 Å². The number of pyridine rings is 1. The van der Waals surface area contributed by atoms with E-state index in [0.717, 1.165) is 24.2 Å². The molecule has 3 aromatic rings. The van der Waals surface area contributed by atoms with Crippen molar-refractivity contribution >= 4 is 15.7 Å². The molecule has 2 aromatic heterocycles. The smallest absolute Gasteiger partial charge is 0.238 e. The maximum Gasteiger partial charge on any atom is 0.238 e. The third-order valence-corrected chi connectivity index (χ3v) is 6.90. The summed E-state index contributed by atoms with van der Waals surface area (Å²) in [5.41, 5.74) is 1.61. The third-order valence-electron chi connectivity index (χ3n) is 5.29. The Labute approximate surface area is 181 Å². The van der Waals surface area contributed by atoms with Crippen molar-refractivity contribution in [3.63, 3.8) is 0 Å². The molecule has 162 valence electrons. The van der Waals surface area contributed by atoms with Gasteiger partial charge in [0, 0.05) is 25.2 Å². The van der Waals surface area contributed by atoms with Crippen LogP contribution in [0.1, 0.15) is 12.8 Å². The number of hydrogen-bond donors (Lipinski definition) is 1. The van der Waals surface area contributed by atoms with Gasteiger partial charge in [-0.1, -0.05) is 18.2 Å². The van der Waals surface area contributed by atoms with Gasteiger partial charge in [0.15, 0.2) is 9.84 Å². The van der Waals surface area contributed by atoms with Crippen LogP contribution in [-0.2, 0) is 14.6 Å². The van der Waals surface area contributed by atoms with Gasteiger partial charge in [0.25, 0.3) is 0 Å². The molecule has 1 fully saturated rings. The minimum atomic E-state index is -3.64. The van der Waals surface area contributed by atoms with Crippen molar-refractivity contribution in [2.24, 2.45) is 5.92 Å². The Morgan fingerprint density at radius 3 is 2.71 bits per heavy atom. The molecule has 1 aromatic carbocycles. The van der Waals surface area contributed by atoms with Crippen molar-refractivity contribution in [3.8, 4) is 17.1 Å². The molecule has 9 heteroatoms. The topological polar surface area (TPSA) is 105 Å². The fourth-order valence-corrected chi connectivity index (χ4v) is 4.88. The molecule has 0 bridgehead atoms. The normalized spacial score (nSPS) is 16.8. The lowest BCUT2D eigenvalue weighted by molar-refractivity contribution is -0.130. The van der Waals surface area contributed by atoms with Gasteiger partial charge < -0.3 is 9.64 Å². The Morgan fingerprint density at radius 2 is 2.00 bits per heavy atom. The minimum absolute atomic E-state index is 0.143.